The molecule has 0 N–H and O–H groups in total. The summed E-state index contributed by atoms with van der Waals surface area (Å²) in [5, 5.41) is 10.1. The summed E-state index contributed by atoms with van der Waals surface area (Å²) in [7, 11) is 0. The van der Waals surface area contributed by atoms with Crippen molar-refractivity contribution in [1.29, 1.82) is 0 Å². The number of carbonyl (C=O) groups excluding carboxylic acids is 1. The Hall–Kier alpha value is -0.540. The molecule has 1 heterocycles. The van der Waals surface area contributed by atoms with Crippen LogP contribution in [0.15, 0.2) is 12.1 Å². The molecule has 9 heavy (non-hydrogen) atoms. The average Bonchev–Trinajstić information content (AvgIpc) is 2.14. The highest BCUT2D eigenvalue weighted by atomic mass is 35.5. The van der Waals surface area contributed by atoms with E-state index in [2.05, 4.69) is 0 Å². The molecule has 0 saturated carbocycles. The van der Waals surface area contributed by atoms with Crippen LogP contribution in [0.4, 0.5) is 0 Å². The lowest BCUT2D eigenvalue weighted by Crippen LogP contribution is -1.86. The molecule has 0 fully saturated rings. The molecule has 1 aromatic rings. The summed E-state index contributed by atoms with van der Waals surface area (Å²) >= 11 is 6.43. The third-order valence-corrected chi connectivity index (χ3v) is 1.99. The fraction of sp³-hybridized carbons (Fsp3) is 0. The van der Waals surface area contributed by atoms with Crippen LogP contribution in [0.25, 0.3) is 0 Å². The van der Waals surface area contributed by atoms with Gasteiger partial charge in [0.15, 0.2) is 0 Å². The first-order valence-corrected chi connectivity index (χ1v) is 3.36. The lowest BCUT2D eigenvalue weighted by atomic mass is 10.5. The molecule has 0 spiro atoms. The SMILES string of the molecule is [O]C(=O)c1ccc(Cl)s1. The molecule has 0 saturated heterocycles. The second kappa shape index (κ2) is 2.37. The number of hydrogen-bond acceptors (Lipinski definition) is 2. The van der Waals surface area contributed by atoms with E-state index in [9.17, 15) is 9.90 Å². The van der Waals surface area contributed by atoms with Gasteiger partial charge in [0.1, 0.15) is 4.88 Å². The highest BCUT2D eigenvalue weighted by Crippen LogP contribution is 2.20. The van der Waals surface area contributed by atoms with Crippen molar-refractivity contribution in [2.45, 2.75) is 0 Å². The van der Waals surface area contributed by atoms with E-state index in [4.69, 9.17) is 11.6 Å². The van der Waals surface area contributed by atoms with Crippen LogP contribution in [0.1, 0.15) is 9.67 Å². The lowest BCUT2D eigenvalue weighted by Gasteiger charge is -1.75. The zero-order chi connectivity index (χ0) is 6.85. The molecule has 0 aromatic carbocycles. The molecule has 1 rings (SSSR count). The Morgan fingerprint density at radius 1 is 1.56 bits per heavy atom. The second-order valence-corrected chi connectivity index (χ2v) is 3.11. The van der Waals surface area contributed by atoms with Gasteiger partial charge in [0.05, 0.1) is 4.34 Å². The Balaban J connectivity index is 2.98. The van der Waals surface area contributed by atoms with Gasteiger partial charge in [-0.25, -0.2) is 9.90 Å². The summed E-state index contributed by atoms with van der Waals surface area (Å²) in [6.45, 7) is 0. The van der Waals surface area contributed by atoms with Crippen LogP contribution in [-0.4, -0.2) is 5.97 Å². The Bertz CT molecular complexity index is 231. The predicted octanol–water partition coefficient (Wildman–Crippen LogP) is 1.97. The van der Waals surface area contributed by atoms with Crippen LogP contribution in [0.3, 0.4) is 0 Å². The van der Waals surface area contributed by atoms with Crippen molar-refractivity contribution in [1.82, 2.24) is 0 Å². The second-order valence-electron chi connectivity index (χ2n) is 1.39. The molecule has 0 aliphatic carbocycles. The molecule has 0 amide bonds. The van der Waals surface area contributed by atoms with Crippen molar-refractivity contribution in [3.63, 3.8) is 0 Å². The molecule has 0 bridgehead atoms. The van der Waals surface area contributed by atoms with Crippen molar-refractivity contribution in [2.24, 2.45) is 0 Å². The van der Waals surface area contributed by atoms with E-state index in [0.717, 1.165) is 11.3 Å². The monoisotopic (exact) mass is 161 g/mol. The molecular formula is C5H2ClO2S. The number of thiophene rings is 1. The zero-order valence-electron chi connectivity index (χ0n) is 4.26. The van der Waals surface area contributed by atoms with Crippen molar-refractivity contribution < 1.29 is 9.90 Å². The van der Waals surface area contributed by atoms with Gasteiger partial charge in [-0.15, -0.1) is 11.3 Å². The molecule has 0 aliphatic rings. The quantitative estimate of drug-likeness (QED) is 0.621. The van der Waals surface area contributed by atoms with Gasteiger partial charge in [-0.1, -0.05) is 11.6 Å². The summed E-state index contributed by atoms with van der Waals surface area (Å²) in [5.74, 6) is -1.17. The maximum Gasteiger partial charge on any atom is 0.396 e. The minimum absolute atomic E-state index is 0.167. The predicted molar refractivity (Wildman–Crippen MR) is 34.3 cm³/mol. The highest BCUT2D eigenvalue weighted by molar-refractivity contribution is 7.17. The van der Waals surface area contributed by atoms with Gasteiger partial charge in [0, 0.05) is 0 Å². The first-order valence-electron chi connectivity index (χ1n) is 2.17. The van der Waals surface area contributed by atoms with Crippen LogP contribution in [0.5, 0.6) is 0 Å². The summed E-state index contributed by atoms with van der Waals surface area (Å²) in [4.78, 5) is 10.2. The molecule has 0 unspecified atom stereocenters. The third-order valence-electron chi connectivity index (χ3n) is 0.774. The minimum atomic E-state index is -1.17. The first kappa shape index (κ1) is 6.58. The molecule has 2 nitrogen and oxygen atoms in total. The summed E-state index contributed by atoms with van der Waals surface area (Å²) in [5.41, 5.74) is 0. The van der Waals surface area contributed by atoms with E-state index >= 15 is 0 Å². The smallest absolute Gasteiger partial charge is 0.241 e. The van der Waals surface area contributed by atoms with E-state index in [0.29, 0.717) is 4.34 Å². The summed E-state index contributed by atoms with van der Waals surface area (Å²) < 4.78 is 0.467. The van der Waals surface area contributed by atoms with Gasteiger partial charge in [0.25, 0.3) is 0 Å². The van der Waals surface area contributed by atoms with E-state index < -0.39 is 5.97 Å². The maximum absolute atomic E-state index is 10.1. The van der Waals surface area contributed by atoms with Crippen LogP contribution in [0.2, 0.25) is 4.34 Å². The van der Waals surface area contributed by atoms with Crippen molar-refractivity contribution in [3.8, 4) is 0 Å². The molecule has 1 aromatic heterocycles. The topological polar surface area (TPSA) is 37.0 Å². The molecular weight excluding hydrogens is 160 g/mol. The molecule has 4 heteroatoms. The van der Waals surface area contributed by atoms with Gasteiger partial charge in [-0.2, -0.15) is 0 Å². The van der Waals surface area contributed by atoms with Gasteiger partial charge >= 0.3 is 5.97 Å². The van der Waals surface area contributed by atoms with Crippen molar-refractivity contribution in [3.05, 3.63) is 21.3 Å². The Labute approximate surface area is 60.7 Å². The Morgan fingerprint density at radius 3 is 2.44 bits per heavy atom. The Morgan fingerprint density at radius 2 is 2.22 bits per heavy atom. The Kier molecular flexibility index (Phi) is 1.73. The van der Waals surface area contributed by atoms with E-state index in [1.165, 1.54) is 12.1 Å². The van der Waals surface area contributed by atoms with E-state index in [1.54, 1.807) is 0 Å². The number of hydrogen-bond donors (Lipinski definition) is 0. The van der Waals surface area contributed by atoms with E-state index in [1.807, 2.05) is 0 Å². The van der Waals surface area contributed by atoms with Crippen LogP contribution >= 0.6 is 22.9 Å². The maximum atomic E-state index is 10.1. The lowest BCUT2D eigenvalue weighted by molar-refractivity contribution is 0.0579. The standard InChI is InChI=1S/C5H2ClO2S/c6-4-2-1-3(9-4)5(7)8/h1-2H. The fourth-order valence-corrected chi connectivity index (χ4v) is 1.30. The van der Waals surface area contributed by atoms with Crippen molar-refractivity contribution >= 4 is 28.9 Å². The molecule has 1 radical (unpaired) electrons. The largest absolute Gasteiger partial charge is 0.396 e. The fourth-order valence-electron chi connectivity index (χ4n) is 0.424. The third kappa shape index (κ3) is 1.43. The van der Waals surface area contributed by atoms with Crippen molar-refractivity contribution in [2.75, 3.05) is 0 Å². The minimum Gasteiger partial charge on any atom is -0.241 e. The molecule has 0 atom stereocenters. The van der Waals surface area contributed by atoms with Gasteiger partial charge in [-0.05, 0) is 12.1 Å². The normalized spacial score (nSPS) is 9.44. The summed E-state index contributed by atoms with van der Waals surface area (Å²) in [6.07, 6.45) is 0. The van der Waals surface area contributed by atoms with Crippen LogP contribution in [-0.2, 0) is 5.11 Å². The number of halogens is 1. The summed E-state index contributed by atoms with van der Waals surface area (Å²) in [6, 6.07) is 2.94. The number of carbonyl (C=O) groups is 1. The average molecular weight is 162 g/mol. The van der Waals surface area contributed by atoms with Gasteiger partial charge < -0.3 is 0 Å². The zero-order valence-corrected chi connectivity index (χ0v) is 5.83. The van der Waals surface area contributed by atoms with Gasteiger partial charge in [0.2, 0.25) is 0 Å². The highest BCUT2D eigenvalue weighted by Gasteiger charge is 2.06. The molecule has 47 valence electrons. The van der Waals surface area contributed by atoms with Crippen LogP contribution < -0.4 is 0 Å². The number of rotatable bonds is 1. The van der Waals surface area contributed by atoms with Crippen LogP contribution in [0, 0.1) is 0 Å². The first-order chi connectivity index (χ1) is 4.20. The van der Waals surface area contributed by atoms with Gasteiger partial charge in [-0.3, -0.25) is 0 Å². The molecule has 0 aliphatic heterocycles. The van der Waals surface area contributed by atoms with E-state index in [-0.39, 0.29) is 4.88 Å².